The second-order valence-electron chi connectivity index (χ2n) is 4.47. The summed E-state index contributed by atoms with van der Waals surface area (Å²) in [6, 6.07) is 10.5. The SMILES string of the molecule is CCCCN1C(=O)OCC1Cc1ccccc1. The summed E-state index contributed by atoms with van der Waals surface area (Å²) < 4.78 is 5.13. The molecule has 1 aromatic carbocycles. The van der Waals surface area contributed by atoms with Crippen LogP contribution in [0, 0.1) is 0 Å². The van der Waals surface area contributed by atoms with Crippen LogP contribution in [0.5, 0.6) is 0 Å². The largest absolute Gasteiger partial charge is 0.447 e. The maximum absolute atomic E-state index is 11.6. The number of hydrogen-bond acceptors (Lipinski definition) is 2. The normalized spacial score (nSPS) is 19.5. The molecule has 1 atom stereocenters. The number of nitrogens with zero attached hydrogens (tertiary/aromatic N) is 1. The summed E-state index contributed by atoms with van der Waals surface area (Å²) in [5.41, 5.74) is 1.26. The minimum absolute atomic E-state index is 0.153. The highest BCUT2D eigenvalue weighted by molar-refractivity contribution is 5.70. The van der Waals surface area contributed by atoms with Crippen molar-refractivity contribution in [3.05, 3.63) is 35.9 Å². The third-order valence-corrected chi connectivity index (χ3v) is 3.14. The molecule has 1 heterocycles. The topological polar surface area (TPSA) is 29.5 Å². The summed E-state index contributed by atoms with van der Waals surface area (Å²) in [6.07, 6.45) is 2.87. The molecule has 0 spiro atoms. The molecule has 0 saturated carbocycles. The van der Waals surface area contributed by atoms with Crippen molar-refractivity contribution in [2.45, 2.75) is 32.2 Å². The molecule has 0 N–H and O–H groups in total. The lowest BCUT2D eigenvalue weighted by atomic mass is 10.1. The van der Waals surface area contributed by atoms with Gasteiger partial charge in [0.2, 0.25) is 0 Å². The lowest BCUT2D eigenvalue weighted by Gasteiger charge is -2.21. The van der Waals surface area contributed by atoms with E-state index < -0.39 is 0 Å². The fourth-order valence-electron chi connectivity index (χ4n) is 2.15. The first-order valence-electron chi connectivity index (χ1n) is 6.28. The van der Waals surface area contributed by atoms with Crippen LogP contribution < -0.4 is 0 Å². The molecule has 92 valence electrons. The van der Waals surface area contributed by atoms with Gasteiger partial charge in [-0.3, -0.25) is 0 Å². The molecule has 0 bridgehead atoms. The van der Waals surface area contributed by atoms with E-state index >= 15 is 0 Å². The Kier molecular flexibility index (Phi) is 4.02. The number of carbonyl (C=O) groups excluding carboxylic acids is 1. The van der Waals surface area contributed by atoms with Gasteiger partial charge in [0.25, 0.3) is 0 Å². The van der Waals surface area contributed by atoms with Crippen molar-refractivity contribution in [2.24, 2.45) is 0 Å². The lowest BCUT2D eigenvalue weighted by Crippen LogP contribution is -2.35. The molecule has 2 rings (SSSR count). The summed E-state index contributed by atoms with van der Waals surface area (Å²) in [5, 5.41) is 0. The number of unbranched alkanes of at least 4 members (excludes halogenated alkanes) is 1. The van der Waals surface area contributed by atoms with Gasteiger partial charge in [-0.05, 0) is 18.4 Å². The molecule has 1 aliphatic heterocycles. The number of cyclic esters (lactones) is 1. The van der Waals surface area contributed by atoms with E-state index in [1.807, 2.05) is 23.1 Å². The van der Waals surface area contributed by atoms with Gasteiger partial charge in [0.15, 0.2) is 0 Å². The maximum Gasteiger partial charge on any atom is 0.410 e. The van der Waals surface area contributed by atoms with Gasteiger partial charge in [0.1, 0.15) is 6.61 Å². The van der Waals surface area contributed by atoms with Crippen molar-refractivity contribution in [3.63, 3.8) is 0 Å². The molecule has 3 nitrogen and oxygen atoms in total. The molecule has 1 amide bonds. The Morgan fingerprint density at radius 1 is 1.35 bits per heavy atom. The van der Waals surface area contributed by atoms with E-state index in [9.17, 15) is 4.79 Å². The third-order valence-electron chi connectivity index (χ3n) is 3.14. The molecule has 0 radical (unpaired) electrons. The van der Waals surface area contributed by atoms with E-state index in [0.717, 1.165) is 25.8 Å². The minimum atomic E-state index is -0.153. The lowest BCUT2D eigenvalue weighted by molar-refractivity contribution is 0.157. The van der Waals surface area contributed by atoms with Crippen molar-refractivity contribution < 1.29 is 9.53 Å². The van der Waals surface area contributed by atoms with Gasteiger partial charge in [-0.2, -0.15) is 0 Å². The Morgan fingerprint density at radius 3 is 2.82 bits per heavy atom. The highest BCUT2D eigenvalue weighted by Gasteiger charge is 2.31. The smallest absolute Gasteiger partial charge is 0.410 e. The molecule has 0 aliphatic carbocycles. The van der Waals surface area contributed by atoms with Gasteiger partial charge in [-0.25, -0.2) is 4.79 Å². The Morgan fingerprint density at radius 2 is 2.12 bits per heavy atom. The second kappa shape index (κ2) is 5.71. The van der Waals surface area contributed by atoms with Crippen molar-refractivity contribution in [3.8, 4) is 0 Å². The zero-order valence-corrected chi connectivity index (χ0v) is 10.3. The molecule has 1 fully saturated rings. The quantitative estimate of drug-likeness (QED) is 0.782. The highest BCUT2D eigenvalue weighted by atomic mass is 16.6. The van der Waals surface area contributed by atoms with Gasteiger partial charge in [0.05, 0.1) is 6.04 Å². The number of rotatable bonds is 5. The second-order valence-corrected chi connectivity index (χ2v) is 4.47. The van der Waals surface area contributed by atoms with Gasteiger partial charge in [0, 0.05) is 6.54 Å². The molecule has 1 unspecified atom stereocenters. The van der Waals surface area contributed by atoms with E-state index in [1.165, 1.54) is 5.56 Å². The highest BCUT2D eigenvalue weighted by Crippen LogP contribution is 2.17. The van der Waals surface area contributed by atoms with Crippen LogP contribution in [-0.4, -0.2) is 30.2 Å². The summed E-state index contributed by atoms with van der Waals surface area (Å²) >= 11 is 0. The predicted octanol–water partition coefficient (Wildman–Crippen LogP) is 2.85. The van der Waals surface area contributed by atoms with Crippen LogP contribution >= 0.6 is 0 Å². The zero-order chi connectivity index (χ0) is 12.1. The molecule has 3 heteroatoms. The summed E-state index contributed by atoms with van der Waals surface area (Å²) in [7, 11) is 0. The summed E-state index contributed by atoms with van der Waals surface area (Å²) in [6.45, 7) is 3.47. The average molecular weight is 233 g/mol. The van der Waals surface area contributed by atoms with Crippen LogP contribution in [0.1, 0.15) is 25.3 Å². The van der Waals surface area contributed by atoms with Gasteiger partial charge < -0.3 is 9.64 Å². The van der Waals surface area contributed by atoms with E-state index in [-0.39, 0.29) is 12.1 Å². The zero-order valence-electron chi connectivity index (χ0n) is 10.3. The molecular weight excluding hydrogens is 214 g/mol. The fraction of sp³-hybridized carbons (Fsp3) is 0.500. The first-order chi connectivity index (χ1) is 8.31. The van der Waals surface area contributed by atoms with E-state index in [0.29, 0.717) is 6.61 Å². The van der Waals surface area contributed by atoms with Gasteiger partial charge in [-0.15, -0.1) is 0 Å². The first kappa shape index (κ1) is 12.0. The first-order valence-corrected chi connectivity index (χ1v) is 6.28. The Bertz CT molecular complexity index is 364. The molecular formula is C14H19NO2. The van der Waals surface area contributed by atoms with E-state index in [1.54, 1.807) is 0 Å². The molecule has 1 aliphatic rings. The van der Waals surface area contributed by atoms with Crippen LogP contribution in [0.25, 0.3) is 0 Å². The molecule has 1 saturated heterocycles. The Labute approximate surface area is 102 Å². The van der Waals surface area contributed by atoms with Crippen LogP contribution in [0.3, 0.4) is 0 Å². The van der Waals surface area contributed by atoms with Crippen LogP contribution in [-0.2, 0) is 11.2 Å². The van der Waals surface area contributed by atoms with Crippen molar-refractivity contribution in [1.82, 2.24) is 4.90 Å². The van der Waals surface area contributed by atoms with Crippen LogP contribution in [0.4, 0.5) is 4.79 Å². The molecule has 0 aromatic heterocycles. The van der Waals surface area contributed by atoms with E-state index in [4.69, 9.17) is 4.74 Å². The maximum atomic E-state index is 11.6. The third kappa shape index (κ3) is 2.99. The summed E-state index contributed by atoms with van der Waals surface area (Å²) in [5.74, 6) is 0. The Hall–Kier alpha value is -1.51. The number of hydrogen-bond donors (Lipinski definition) is 0. The summed E-state index contributed by atoms with van der Waals surface area (Å²) in [4.78, 5) is 13.5. The monoisotopic (exact) mass is 233 g/mol. The fourth-order valence-corrected chi connectivity index (χ4v) is 2.15. The average Bonchev–Trinajstić information content (AvgIpc) is 2.69. The van der Waals surface area contributed by atoms with E-state index in [2.05, 4.69) is 19.1 Å². The van der Waals surface area contributed by atoms with Crippen molar-refractivity contribution in [2.75, 3.05) is 13.2 Å². The van der Waals surface area contributed by atoms with Crippen molar-refractivity contribution in [1.29, 1.82) is 0 Å². The van der Waals surface area contributed by atoms with Gasteiger partial charge >= 0.3 is 6.09 Å². The van der Waals surface area contributed by atoms with Gasteiger partial charge in [-0.1, -0.05) is 43.7 Å². The number of carbonyl (C=O) groups is 1. The number of amides is 1. The number of benzene rings is 1. The predicted molar refractivity (Wildman–Crippen MR) is 66.9 cm³/mol. The Balaban J connectivity index is 1.97. The molecule has 1 aromatic rings. The van der Waals surface area contributed by atoms with Crippen LogP contribution in [0.15, 0.2) is 30.3 Å². The number of ether oxygens (including phenoxy) is 1. The van der Waals surface area contributed by atoms with Crippen molar-refractivity contribution >= 4 is 6.09 Å². The molecule has 17 heavy (non-hydrogen) atoms. The minimum Gasteiger partial charge on any atom is -0.447 e. The van der Waals surface area contributed by atoms with Crippen LogP contribution in [0.2, 0.25) is 0 Å². The standard InChI is InChI=1S/C14H19NO2/c1-2-3-9-15-13(11-17-14(15)16)10-12-7-5-4-6-8-12/h4-8,13H,2-3,9-11H2,1H3.